The topological polar surface area (TPSA) is 50.2 Å². The van der Waals surface area contributed by atoms with Crippen molar-refractivity contribution < 1.29 is 13.2 Å². The molecule has 0 spiro atoms. The molecule has 0 bridgehead atoms. The summed E-state index contributed by atoms with van der Waals surface area (Å²) in [5.74, 6) is -4.07. The van der Waals surface area contributed by atoms with Gasteiger partial charge in [-0.15, -0.1) is 0 Å². The molecule has 0 saturated heterocycles. The average Bonchev–Trinajstić information content (AvgIpc) is 2.96. The van der Waals surface area contributed by atoms with Gasteiger partial charge in [0.15, 0.2) is 23.1 Å². The Morgan fingerprint density at radius 3 is 2.55 bits per heavy atom. The Kier molecular flexibility index (Phi) is 3.48. The lowest BCUT2D eigenvalue weighted by molar-refractivity contribution is 0.445. The second-order valence-electron chi connectivity index (χ2n) is 4.90. The van der Waals surface area contributed by atoms with Gasteiger partial charge in [0, 0.05) is 24.2 Å². The summed E-state index contributed by atoms with van der Waals surface area (Å²) in [7, 11) is 0. The number of H-pyrrole nitrogens is 1. The maximum absolute atomic E-state index is 13.3. The maximum atomic E-state index is 13.3. The molecule has 0 radical (unpaired) electrons. The number of aryl methyl sites for hydroxylation is 1. The van der Waals surface area contributed by atoms with Crippen molar-refractivity contribution in [3.05, 3.63) is 69.0 Å². The first-order valence-corrected chi connectivity index (χ1v) is 6.72. The van der Waals surface area contributed by atoms with Gasteiger partial charge in [0.2, 0.25) is 0 Å². The molecular weight excluding hydrogens is 295 g/mol. The SMILES string of the molecule is CCc1nc2cc[nH]n2c(=O)c1Cc1cc(F)c(F)c(F)c1. The number of aromatic nitrogens is 3. The summed E-state index contributed by atoms with van der Waals surface area (Å²) < 4.78 is 40.9. The Morgan fingerprint density at radius 1 is 1.23 bits per heavy atom. The fourth-order valence-corrected chi connectivity index (χ4v) is 2.43. The van der Waals surface area contributed by atoms with Gasteiger partial charge in [-0.25, -0.2) is 22.7 Å². The highest BCUT2D eigenvalue weighted by Gasteiger charge is 2.16. The zero-order valence-electron chi connectivity index (χ0n) is 11.7. The van der Waals surface area contributed by atoms with Crippen LogP contribution in [-0.4, -0.2) is 14.6 Å². The van der Waals surface area contributed by atoms with Crippen molar-refractivity contribution in [3.8, 4) is 0 Å². The van der Waals surface area contributed by atoms with Crippen LogP contribution >= 0.6 is 0 Å². The third-order valence-corrected chi connectivity index (χ3v) is 3.48. The molecule has 0 saturated carbocycles. The minimum absolute atomic E-state index is 0.0227. The summed E-state index contributed by atoms with van der Waals surface area (Å²) in [6, 6.07) is 3.43. The molecule has 3 rings (SSSR count). The molecule has 2 heterocycles. The van der Waals surface area contributed by atoms with Crippen LogP contribution < -0.4 is 5.56 Å². The zero-order valence-corrected chi connectivity index (χ0v) is 11.7. The lowest BCUT2D eigenvalue weighted by Gasteiger charge is -2.08. The summed E-state index contributed by atoms with van der Waals surface area (Å²) in [6.07, 6.45) is 2.05. The van der Waals surface area contributed by atoms with Gasteiger partial charge in [-0.3, -0.25) is 9.89 Å². The number of aromatic amines is 1. The smallest absolute Gasteiger partial charge is 0.276 e. The minimum Gasteiger partial charge on any atom is -0.297 e. The Morgan fingerprint density at radius 2 is 1.91 bits per heavy atom. The van der Waals surface area contributed by atoms with E-state index in [9.17, 15) is 18.0 Å². The normalized spacial score (nSPS) is 11.3. The van der Waals surface area contributed by atoms with Crippen LogP contribution in [-0.2, 0) is 12.8 Å². The monoisotopic (exact) mass is 307 g/mol. The highest BCUT2D eigenvalue weighted by Crippen LogP contribution is 2.17. The maximum Gasteiger partial charge on any atom is 0.276 e. The number of rotatable bonds is 3. The Bertz CT molecular complexity index is 891. The van der Waals surface area contributed by atoms with Gasteiger partial charge >= 0.3 is 0 Å². The predicted octanol–water partition coefficient (Wildman–Crippen LogP) is 2.59. The third-order valence-electron chi connectivity index (χ3n) is 3.48. The van der Waals surface area contributed by atoms with Crippen LogP contribution in [0, 0.1) is 17.5 Å². The molecule has 22 heavy (non-hydrogen) atoms. The van der Waals surface area contributed by atoms with E-state index in [1.165, 1.54) is 4.52 Å². The molecule has 0 fully saturated rings. The van der Waals surface area contributed by atoms with E-state index in [1.54, 1.807) is 12.3 Å². The van der Waals surface area contributed by atoms with Crippen molar-refractivity contribution in [1.29, 1.82) is 0 Å². The Hall–Kier alpha value is -2.57. The van der Waals surface area contributed by atoms with Gasteiger partial charge in [0.25, 0.3) is 5.56 Å². The fourth-order valence-electron chi connectivity index (χ4n) is 2.43. The van der Waals surface area contributed by atoms with Crippen molar-refractivity contribution in [3.63, 3.8) is 0 Å². The first kappa shape index (κ1) is 14.4. The van der Waals surface area contributed by atoms with E-state index in [0.29, 0.717) is 23.3 Å². The lowest BCUT2D eigenvalue weighted by Crippen LogP contribution is -2.23. The van der Waals surface area contributed by atoms with E-state index >= 15 is 0 Å². The van der Waals surface area contributed by atoms with E-state index in [1.807, 2.05) is 6.92 Å². The van der Waals surface area contributed by atoms with Crippen LogP contribution in [0.15, 0.2) is 29.2 Å². The van der Waals surface area contributed by atoms with Crippen LogP contribution in [0.25, 0.3) is 5.65 Å². The first-order chi connectivity index (χ1) is 10.5. The highest BCUT2D eigenvalue weighted by molar-refractivity contribution is 5.40. The third kappa shape index (κ3) is 2.28. The number of benzene rings is 1. The van der Waals surface area contributed by atoms with Gasteiger partial charge in [-0.2, -0.15) is 0 Å². The quantitative estimate of drug-likeness (QED) is 0.756. The van der Waals surface area contributed by atoms with Crippen molar-refractivity contribution >= 4 is 5.65 Å². The molecule has 114 valence electrons. The predicted molar refractivity (Wildman–Crippen MR) is 74.3 cm³/mol. The van der Waals surface area contributed by atoms with Gasteiger partial charge < -0.3 is 0 Å². The van der Waals surface area contributed by atoms with Crippen LogP contribution in [0.5, 0.6) is 0 Å². The summed E-state index contributed by atoms with van der Waals surface area (Å²) in [5, 5.41) is 2.73. The number of nitrogens with zero attached hydrogens (tertiary/aromatic N) is 2. The van der Waals surface area contributed by atoms with Gasteiger partial charge in [-0.05, 0) is 24.1 Å². The molecule has 0 unspecified atom stereocenters. The number of hydrogen-bond donors (Lipinski definition) is 1. The van der Waals surface area contributed by atoms with Gasteiger partial charge in [0.1, 0.15) is 0 Å². The largest absolute Gasteiger partial charge is 0.297 e. The van der Waals surface area contributed by atoms with Crippen LogP contribution in [0.4, 0.5) is 13.2 Å². The van der Waals surface area contributed by atoms with E-state index in [0.717, 1.165) is 12.1 Å². The standard InChI is InChI=1S/C15H12F3N3O/c1-2-12-9(15(22)21-13(20-12)3-4-19-21)5-8-6-10(16)14(18)11(17)7-8/h3-4,6-7,19H,2,5H2,1H3. The van der Waals surface area contributed by atoms with E-state index in [-0.39, 0.29) is 17.5 Å². The summed E-state index contributed by atoms with van der Waals surface area (Å²) in [4.78, 5) is 16.8. The second-order valence-corrected chi connectivity index (χ2v) is 4.90. The van der Waals surface area contributed by atoms with Crippen molar-refractivity contribution in [2.24, 2.45) is 0 Å². The molecule has 0 aliphatic rings. The fraction of sp³-hybridized carbons (Fsp3) is 0.200. The molecule has 4 nitrogen and oxygen atoms in total. The first-order valence-electron chi connectivity index (χ1n) is 6.72. The molecular formula is C15H12F3N3O. The molecule has 0 amide bonds. The molecule has 0 aliphatic carbocycles. The Balaban J connectivity index is 2.14. The summed E-state index contributed by atoms with van der Waals surface area (Å²) in [6.45, 7) is 1.83. The molecule has 2 aromatic heterocycles. The van der Waals surface area contributed by atoms with Crippen molar-refractivity contribution in [1.82, 2.24) is 14.6 Å². The van der Waals surface area contributed by atoms with Crippen LogP contribution in [0.2, 0.25) is 0 Å². The van der Waals surface area contributed by atoms with Crippen LogP contribution in [0.1, 0.15) is 23.7 Å². The highest BCUT2D eigenvalue weighted by atomic mass is 19.2. The lowest BCUT2D eigenvalue weighted by atomic mass is 10.0. The number of nitrogens with one attached hydrogen (secondary N) is 1. The summed E-state index contributed by atoms with van der Waals surface area (Å²) in [5.41, 5.74) is 1.19. The van der Waals surface area contributed by atoms with E-state index in [4.69, 9.17) is 0 Å². The average molecular weight is 307 g/mol. The Labute approximate surface area is 123 Å². The molecule has 3 aromatic rings. The molecule has 0 aliphatic heterocycles. The number of hydrogen-bond acceptors (Lipinski definition) is 2. The van der Waals surface area contributed by atoms with Gasteiger partial charge in [0.05, 0.1) is 5.69 Å². The van der Waals surface area contributed by atoms with Gasteiger partial charge in [-0.1, -0.05) is 6.92 Å². The van der Waals surface area contributed by atoms with Crippen LogP contribution in [0.3, 0.4) is 0 Å². The summed E-state index contributed by atoms with van der Waals surface area (Å²) >= 11 is 0. The van der Waals surface area contributed by atoms with E-state index < -0.39 is 17.5 Å². The minimum atomic E-state index is -1.52. The molecule has 1 aromatic carbocycles. The van der Waals surface area contributed by atoms with Crippen molar-refractivity contribution in [2.45, 2.75) is 19.8 Å². The van der Waals surface area contributed by atoms with Crippen molar-refractivity contribution in [2.75, 3.05) is 0 Å². The molecule has 7 heteroatoms. The number of fused-ring (bicyclic) bond motifs is 1. The zero-order chi connectivity index (χ0) is 15.9. The molecule has 1 N–H and O–H groups in total. The second kappa shape index (κ2) is 5.32. The number of halogens is 3. The van der Waals surface area contributed by atoms with E-state index in [2.05, 4.69) is 10.1 Å². The molecule has 0 atom stereocenters.